The van der Waals surface area contributed by atoms with E-state index in [1.54, 1.807) is 19.1 Å². The number of aliphatic imine (C=N–C) groups is 1. The minimum Gasteiger partial charge on any atom is -0.461 e. The molecule has 0 aromatic heterocycles. The summed E-state index contributed by atoms with van der Waals surface area (Å²) in [6, 6.07) is 5.71. The molecule has 0 bridgehead atoms. The topological polar surface area (TPSA) is 97.7 Å². The zero-order valence-corrected chi connectivity index (χ0v) is 15.8. The van der Waals surface area contributed by atoms with Crippen LogP contribution < -0.4 is 10.5 Å². The SMILES string of the molecule is CCN=C(C(Oc1cc(C)c(C#N)c(C)c1)=C(N)C(=O)OCC)C1CC1. The average molecular weight is 355 g/mol. The van der Waals surface area contributed by atoms with E-state index in [0.29, 0.717) is 23.6 Å². The first-order valence-corrected chi connectivity index (χ1v) is 8.83. The maximum atomic E-state index is 12.2. The number of nitrogens with zero attached hydrogens (tertiary/aromatic N) is 2. The Kier molecular flexibility index (Phi) is 6.40. The van der Waals surface area contributed by atoms with Crippen LogP contribution in [0.5, 0.6) is 5.75 Å². The number of carbonyl (C=O) groups excluding carboxylic acids is 1. The molecule has 138 valence electrons. The van der Waals surface area contributed by atoms with Crippen molar-refractivity contribution in [3.05, 3.63) is 40.3 Å². The molecule has 26 heavy (non-hydrogen) atoms. The minimum absolute atomic E-state index is 0.0781. The van der Waals surface area contributed by atoms with Crippen molar-refractivity contribution in [2.24, 2.45) is 16.6 Å². The van der Waals surface area contributed by atoms with E-state index >= 15 is 0 Å². The molecular weight excluding hydrogens is 330 g/mol. The van der Waals surface area contributed by atoms with Gasteiger partial charge in [0.25, 0.3) is 0 Å². The summed E-state index contributed by atoms with van der Waals surface area (Å²) in [5.41, 5.74) is 8.92. The molecule has 1 aliphatic rings. The van der Waals surface area contributed by atoms with Gasteiger partial charge in [0, 0.05) is 12.5 Å². The number of hydrogen-bond acceptors (Lipinski definition) is 6. The maximum Gasteiger partial charge on any atom is 0.358 e. The van der Waals surface area contributed by atoms with Gasteiger partial charge in [-0.25, -0.2) is 4.79 Å². The molecule has 6 heteroatoms. The molecule has 0 saturated heterocycles. The lowest BCUT2D eigenvalue weighted by atomic mass is 10.0. The molecular formula is C20H25N3O3. The average Bonchev–Trinajstić information content (AvgIpc) is 3.42. The Bertz CT molecular complexity index is 776. The Hall–Kier alpha value is -2.81. The zero-order chi connectivity index (χ0) is 19.3. The predicted octanol–water partition coefficient (Wildman–Crippen LogP) is 3.16. The number of ether oxygens (including phenoxy) is 2. The first-order valence-electron chi connectivity index (χ1n) is 8.83. The molecule has 1 aromatic carbocycles. The van der Waals surface area contributed by atoms with Crippen LogP contribution in [0.3, 0.4) is 0 Å². The minimum atomic E-state index is -0.617. The van der Waals surface area contributed by atoms with E-state index in [-0.39, 0.29) is 24.0 Å². The van der Waals surface area contributed by atoms with Crippen LogP contribution in [0.2, 0.25) is 0 Å². The number of rotatable bonds is 7. The predicted molar refractivity (Wildman–Crippen MR) is 99.8 cm³/mol. The van der Waals surface area contributed by atoms with Crippen LogP contribution in [0.4, 0.5) is 0 Å². The summed E-state index contributed by atoms with van der Waals surface area (Å²) in [5, 5.41) is 9.23. The van der Waals surface area contributed by atoms with E-state index in [9.17, 15) is 10.1 Å². The molecule has 0 radical (unpaired) electrons. The fraction of sp³-hybridized carbons (Fsp3) is 0.450. The van der Waals surface area contributed by atoms with Crippen molar-refractivity contribution in [1.82, 2.24) is 0 Å². The van der Waals surface area contributed by atoms with Gasteiger partial charge in [0.05, 0.1) is 24.0 Å². The van der Waals surface area contributed by atoms with Gasteiger partial charge in [-0.05, 0) is 63.8 Å². The lowest BCUT2D eigenvalue weighted by Gasteiger charge is -2.16. The summed E-state index contributed by atoms with van der Waals surface area (Å²) in [6.45, 7) is 8.14. The summed E-state index contributed by atoms with van der Waals surface area (Å²) < 4.78 is 11.1. The number of benzene rings is 1. The van der Waals surface area contributed by atoms with E-state index in [0.717, 1.165) is 24.0 Å². The van der Waals surface area contributed by atoms with Crippen molar-refractivity contribution < 1.29 is 14.3 Å². The second kappa shape index (κ2) is 8.52. The number of aryl methyl sites for hydroxylation is 2. The first-order chi connectivity index (χ1) is 12.4. The molecule has 2 rings (SSSR count). The number of hydrogen-bond donors (Lipinski definition) is 1. The molecule has 1 fully saturated rings. The van der Waals surface area contributed by atoms with E-state index < -0.39 is 5.97 Å². The number of nitrogens with two attached hydrogens (primary N) is 1. The number of esters is 1. The van der Waals surface area contributed by atoms with Gasteiger partial charge in [-0.15, -0.1) is 0 Å². The molecule has 1 aliphatic carbocycles. The highest BCUT2D eigenvalue weighted by Gasteiger charge is 2.34. The first kappa shape index (κ1) is 19.5. The molecule has 0 unspecified atom stereocenters. The van der Waals surface area contributed by atoms with E-state index in [1.165, 1.54) is 0 Å². The highest BCUT2D eigenvalue weighted by Crippen LogP contribution is 2.35. The van der Waals surface area contributed by atoms with Crippen molar-refractivity contribution in [3.63, 3.8) is 0 Å². The van der Waals surface area contributed by atoms with Crippen LogP contribution in [0.25, 0.3) is 0 Å². The quantitative estimate of drug-likeness (QED) is 0.351. The van der Waals surface area contributed by atoms with Crippen molar-refractivity contribution in [2.75, 3.05) is 13.2 Å². The van der Waals surface area contributed by atoms with Crippen LogP contribution in [-0.4, -0.2) is 24.8 Å². The molecule has 1 saturated carbocycles. The fourth-order valence-electron chi connectivity index (χ4n) is 2.74. The van der Waals surface area contributed by atoms with Crippen LogP contribution >= 0.6 is 0 Å². The number of carbonyl (C=O) groups is 1. The normalized spacial score (nSPS) is 15.1. The summed E-state index contributed by atoms with van der Waals surface area (Å²) in [4.78, 5) is 16.7. The smallest absolute Gasteiger partial charge is 0.358 e. The van der Waals surface area contributed by atoms with E-state index in [1.807, 2.05) is 20.8 Å². The Balaban J connectivity index is 2.48. The highest BCUT2D eigenvalue weighted by atomic mass is 16.5. The van der Waals surface area contributed by atoms with Gasteiger partial charge in [0.2, 0.25) is 0 Å². The monoisotopic (exact) mass is 355 g/mol. The van der Waals surface area contributed by atoms with Crippen molar-refractivity contribution in [3.8, 4) is 11.8 Å². The number of allylic oxidation sites excluding steroid dienone is 1. The highest BCUT2D eigenvalue weighted by molar-refractivity contribution is 6.07. The Morgan fingerprint density at radius 1 is 1.31 bits per heavy atom. The summed E-state index contributed by atoms with van der Waals surface area (Å²) >= 11 is 0. The molecule has 0 atom stereocenters. The maximum absolute atomic E-state index is 12.2. The summed E-state index contributed by atoms with van der Waals surface area (Å²) in [7, 11) is 0. The lowest BCUT2D eigenvalue weighted by Crippen LogP contribution is -2.25. The van der Waals surface area contributed by atoms with Crippen LogP contribution in [0, 0.1) is 31.1 Å². The molecule has 0 aliphatic heterocycles. The summed E-state index contributed by atoms with van der Waals surface area (Å²) in [5.74, 6) is 0.412. The molecule has 0 heterocycles. The standard InChI is InChI=1S/C20H25N3O3/c1-5-23-18(14-7-8-14)19(17(22)20(24)25-6-2)26-15-9-12(3)16(11-21)13(4)10-15/h9-10,14H,5-8,22H2,1-4H3. The van der Waals surface area contributed by atoms with Gasteiger partial charge >= 0.3 is 5.97 Å². The van der Waals surface area contributed by atoms with Gasteiger partial charge in [-0.2, -0.15) is 5.26 Å². The van der Waals surface area contributed by atoms with Crippen LogP contribution in [0.15, 0.2) is 28.6 Å². The molecule has 0 spiro atoms. The molecule has 6 nitrogen and oxygen atoms in total. The van der Waals surface area contributed by atoms with Gasteiger partial charge in [0.1, 0.15) is 5.75 Å². The van der Waals surface area contributed by atoms with Crippen LogP contribution in [0.1, 0.15) is 43.4 Å². The van der Waals surface area contributed by atoms with Crippen molar-refractivity contribution in [1.29, 1.82) is 5.26 Å². The third-order valence-corrected chi connectivity index (χ3v) is 4.10. The van der Waals surface area contributed by atoms with Crippen LogP contribution in [-0.2, 0) is 9.53 Å². The lowest BCUT2D eigenvalue weighted by molar-refractivity contribution is -0.138. The third kappa shape index (κ3) is 4.42. The second-order valence-electron chi connectivity index (χ2n) is 6.24. The molecule has 0 amide bonds. The van der Waals surface area contributed by atoms with Crippen molar-refractivity contribution in [2.45, 2.75) is 40.5 Å². The van der Waals surface area contributed by atoms with E-state index in [4.69, 9.17) is 15.2 Å². The Labute approximate surface area is 154 Å². The van der Waals surface area contributed by atoms with E-state index in [2.05, 4.69) is 11.1 Å². The van der Waals surface area contributed by atoms with Gasteiger partial charge in [0.15, 0.2) is 11.5 Å². The molecule has 1 aromatic rings. The van der Waals surface area contributed by atoms with Gasteiger partial charge in [-0.1, -0.05) is 0 Å². The Morgan fingerprint density at radius 3 is 2.38 bits per heavy atom. The zero-order valence-electron chi connectivity index (χ0n) is 15.8. The molecule has 2 N–H and O–H groups in total. The van der Waals surface area contributed by atoms with Crippen molar-refractivity contribution >= 4 is 11.7 Å². The third-order valence-electron chi connectivity index (χ3n) is 4.10. The second-order valence-corrected chi connectivity index (χ2v) is 6.24. The number of nitriles is 1. The van der Waals surface area contributed by atoms with Gasteiger partial charge in [-0.3, -0.25) is 4.99 Å². The summed E-state index contributed by atoms with van der Waals surface area (Å²) in [6.07, 6.45) is 1.99. The van der Waals surface area contributed by atoms with Gasteiger partial charge < -0.3 is 15.2 Å². The largest absolute Gasteiger partial charge is 0.461 e. The Morgan fingerprint density at radius 2 is 1.92 bits per heavy atom. The fourth-order valence-corrected chi connectivity index (χ4v) is 2.74.